The second-order valence-corrected chi connectivity index (χ2v) is 4.91. The number of hydrogen-bond acceptors (Lipinski definition) is 3. The Morgan fingerprint density at radius 2 is 2.36 bits per heavy atom. The molecule has 1 unspecified atom stereocenters. The monoisotopic (exact) mass is 215 g/mol. The van der Waals surface area contributed by atoms with Crippen LogP contribution in [-0.4, -0.2) is 26.3 Å². The Labute approximate surface area is 86.9 Å². The van der Waals surface area contributed by atoms with Crippen LogP contribution in [0.5, 0.6) is 0 Å². The highest BCUT2D eigenvalue weighted by Crippen LogP contribution is 2.05. The van der Waals surface area contributed by atoms with E-state index in [0.717, 1.165) is 17.8 Å². The van der Waals surface area contributed by atoms with E-state index in [1.165, 1.54) is 0 Å². The zero-order valence-corrected chi connectivity index (χ0v) is 9.51. The normalized spacial score (nSPS) is 13.1. The fourth-order valence-corrected chi connectivity index (χ4v) is 2.51. The lowest BCUT2D eigenvalue weighted by Gasteiger charge is -2.01. The van der Waals surface area contributed by atoms with Gasteiger partial charge in [-0.05, 0) is 26.0 Å². The molecule has 0 spiro atoms. The van der Waals surface area contributed by atoms with Gasteiger partial charge < -0.3 is 5.73 Å². The third kappa shape index (κ3) is 3.23. The van der Waals surface area contributed by atoms with Crippen molar-refractivity contribution in [3.8, 4) is 0 Å². The molecule has 0 aromatic carbocycles. The molecule has 80 valence electrons. The van der Waals surface area contributed by atoms with E-state index in [1.54, 1.807) is 4.68 Å². The van der Waals surface area contributed by atoms with Crippen LogP contribution in [0, 0.1) is 6.92 Å². The number of rotatable bonds is 5. The molecule has 0 saturated carbocycles. The first kappa shape index (κ1) is 11.4. The van der Waals surface area contributed by atoms with Gasteiger partial charge in [-0.15, -0.1) is 0 Å². The Bertz CT molecular complexity index is 322. The average molecular weight is 215 g/mol. The summed E-state index contributed by atoms with van der Waals surface area (Å²) in [5, 5.41) is 4.20. The van der Waals surface area contributed by atoms with Gasteiger partial charge in [-0.25, -0.2) is 0 Å². The second kappa shape index (κ2) is 5.26. The lowest BCUT2D eigenvalue weighted by molar-refractivity contribution is 0.673. The number of hydrogen-bond donors (Lipinski definition) is 1. The fourth-order valence-electron chi connectivity index (χ4n) is 1.28. The smallest absolute Gasteiger partial charge is 0.0655 e. The molecule has 0 saturated heterocycles. The van der Waals surface area contributed by atoms with E-state index in [4.69, 9.17) is 5.73 Å². The molecule has 1 atom stereocenters. The molecule has 0 amide bonds. The van der Waals surface area contributed by atoms with Crippen molar-refractivity contribution in [2.45, 2.75) is 19.1 Å². The molecule has 1 heterocycles. The van der Waals surface area contributed by atoms with Crippen molar-refractivity contribution in [2.24, 2.45) is 12.8 Å². The van der Waals surface area contributed by atoms with Crippen molar-refractivity contribution in [3.05, 3.63) is 17.5 Å². The summed E-state index contributed by atoms with van der Waals surface area (Å²) in [6.45, 7) is 2.54. The molecular formula is C9H17N3OS. The summed E-state index contributed by atoms with van der Waals surface area (Å²) in [5.41, 5.74) is 7.35. The van der Waals surface area contributed by atoms with Crippen LogP contribution in [0.15, 0.2) is 6.07 Å². The Morgan fingerprint density at radius 1 is 1.64 bits per heavy atom. The number of aromatic nitrogens is 2. The predicted octanol–water partition coefficient (Wildman–Crippen LogP) is 0.326. The largest absolute Gasteiger partial charge is 0.330 e. The van der Waals surface area contributed by atoms with Crippen LogP contribution in [0.1, 0.15) is 17.8 Å². The van der Waals surface area contributed by atoms with E-state index in [0.29, 0.717) is 18.1 Å². The van der Waals surface area contributed by atoms with E-state index in [-0.39, 0.29) is 0 Å². The van der Waals surface area contributed by atoms with Gasteiger partial charge in [-0.1, -0.05) is 0 Å². The van der Waals surface area contributed by atoms with Gasteiger partial charge in [0, 0.05) is 23.6 Å². The summed E-state index contributed by atoms with van der Waals surface area (Å²) in [6.07, 6.45) is 0.823. The summed E-state index contributed by atoms with van der Waals surface area (Å²) in [6, 6.07) is 1.97. The molecule has 0 bridgehead atoms. The Kier molecular flexibility index (Phi) is 4.28. The molecule has 1 aromatic rings. The lowest BCUT2D eigenvalue weighted by Crippen LogP contribution is -2.09. The van der Waals surface area contributed by atoms with Crippen molar-refractivity contribution in [2.75, 3.05) is 12.3 Å². The Balaban J connectivity index is 2.51. The Hall–Kier alpha value is -0.680. The van der Waals surface area contributed by atoms with Gasteiger partial charge in [0.2, 0.25) is 0 Å². The molecule has 2 N–H and O–H groups in total. The first-order chi connectivity index (χ1) is 6.63. The SMILES string of the molecule is Cc1cc(CS(=O)CCCN)n(C)n1. The van der Waals surface area contributed by atoms with Crippen LogP contribution in [0.25, 0.3) is 0 Å². The zero-order chi connectivity index (χ0) is 10.6. The molecule has 1 rings (SSSR count). The molecule has 0 aliphatic heterocycles. The van der Waals surface area contributed by atoms with Crippen LogP contribution < -0.4 is 5.73 Å². The Morgan fingerprint density at radius 3 is 2.86 bits per heavy atom. The second-order valence-electron chi connectivity index (χ2n) is 3.33. The summed E-state index contributed by atoms with van der Waals surface area (Å²) in [5.74, 6) is 1.26. The third-order valence-corrected chi connectivity index (χ3v) is 3.35. The maximum atomic E-state index is 11.5. The minimum Gasteiger partial charge on any atom is -0.330 e. The van der Waals surface area contributed by atoms with Gasteiger partial charge in [-0.3, -0.25) is 8.89 Å². The van der Waals surface area contributed by atoms with Gasteiger partial charge in [0.25, 0.3) is 0 Å². The number of aryl methyl sites for hydroxylation is 2. The molecule has 0 radical (unpaired) electrons. The highest BCUT2D eigenvalue weighted by molar-refractivity contribution is 7.84. The molecule has 0 aliphatic carbocycles. The average Bonchev–Trinajstić information content (AvgIpc) is 2.42. The maximum Gasteiger partial charge on any atom is 0.0655 e. The topological polar surface area (TPSA) is 60.9 Å². The maximum absolute atomic E-state index is 11.5. The predicted molar refractivity (Wildman–Crippen MR) is 58.3 cm³/mol. The van der Waals surface area contributed by atoms with Gasteiger partial charge in [0.15, 0.2) is 0 Å². The van der Waals surface area contributed by atoms with Crippen molar-refractivity contribution in [3.63, 3.8) is 0 Å². The van der Waals surface area contributed by atoms with Crippen LogP contribution in [0.4, 0.5) is 0 Å². The van der Waals surface area contributed by atoms with E-state index in [1.807, 2.05) is 20.0 Å². The molecule has 1 aromatic heterocycles. The first-order valence-electron chi connectivity index (χ1n) is 4.68. The van der Waals surface area contributed by atoms with Gasteiger partial charge in [-0.2, -0.15) is 5.10 Å². The molecular weight excluding hydrogens is 198 g/mol. The summed E-state index contributed by atoms with van der Waals surface area (Å²) in [4.78, 5) is 0. The highest BCUT2D eigenvalue weighted by atomic mass is 32.2. The molecule has 4 nitrogen and oxygen atoms in total. The van der Waals surface area contributed by atoms with Crippen molar-refractivity contribution >= 4 is 10.8 Å². The molecule has 5 heteroatoms. The van der Waals surface area contributed by atoms with Gasteiger partial charge >= 0.3 is 0 Å². The van der Waals surface area contributed by atoms with E-state index < -0.39 is 10.8 Å². The number of nitrogens with two attached hydrogens (primary N) is 1. The van der Waals surface area contributed by atoms with Crippen molar-refractivity contribution in [1.82, 2.24) is 9.78 Å². The van der Waals surface area contributed by atoms with Crippen LogP contribution in [0.3, 0.4) is 0 Å². The molecule has 0 fully saturated rings. The summed E-state index contributed by atoms with van der Waals surface area (Å²) < 4.78 is 13.3. The van der Waals surface area contributed by atoms with E-state index in [2.05, 4.69) is 5.10 Å². The van der Waals surface area contributed by atoms with Crippen molar-refractivity contribution in [1.29, 1.82) is 0 Å². The van der Waals surface area contributed by atoms with Crippen LogP contribution in [0.2, 0.25) is 0 Å². The highest BCUT2D eigenvalue weighted by Gasteiger charge is 2.06. The molecule has 0 aliphatic rings. The molecule has 14 heavy (non-hydrogen) atoms. The standard InChI is InChI=1S/C9H17N3OS/c1-8-6-9(12(2)11-8)7-14(13)5-3-4-10/h6H,3-5,7,10H2,1-2H3. The van der Waals surface area contributed by atoms with Gasteiger partial charge in [0.05, 0.1) is 17.1 Å². The van der Waals surface area contributed by atoms with Gasteiger partial charge in [0.1, 0.15) is 0 Å². The van der Waals surface area contributed by atoms with Crippen LogP contribution in [-0.2, 0) is 23.6 Å². The first-order valence-corrected chi connectivity index (χ1v) is 6.17. The summed E-state index contributed by atoms with van der Waals surface area (Å²) >= 11 is 0. The fraction of sp³-hybridized carbons (Fsp3) is 0.667. The lowest BCUT2D eigenvalue weighted by atomic mass is 10.4. The van der Waals surface area contributed by atoms with Crippen molar-refractivity contribution < 1.29 is 4.21 Å². The zero-order valence-electron chi connectivity index (χ0n) is 8.69. The van der Waals surface area contributed by atoms with Crippen LogP contribution >= 0.6 is 0 Å². The minimum absolute atomic E-state index is 0.581. The van der Waals surface area contributed by atoms with E-state index in [9.17, 15) is 4.21 Å². The summed E-state index contributed by atoms with van der Waals surface area (Å²) in [7, 11) is 1.07. The third-order valence-electron chi connectivity index (χ3n) is 1.98. The minimum atomic E-state index is -0.809. The van der Waals surface area contributed by atoms with E-state index >= 15 is 0 Å². The number of nitrogens with zero attached hydrogens (tertiary/aromatic N) is 2. The quantitative estimate of drug-likeness (QED) is 0.770.